The maximum Gasteiger partial charge on any atom is 0.490 e. The molecule has 1 unspecified atom stereocenters. The first-order chi connectivity index (χ1) is 15.6. The minimum absolute atomic E-state index is 0.197. The maximum absolute atomic E-state index is 12.4. The molecule has 33 heavy (non-hydrogen) atoms. The first-order valence-corrected chi connectivity index (χ1v) is 11.5. The van der Waals surface area contributed by atoms with Crippen LogP contribution in [-0.2, 0) is 20.9 Å². The van der Waals surface area contributed by atoms with Gasteiger partial charge in [0.05, 0.1) is 12.6 Å². The molecule has 1 aromatic carbocycles. The Morgan fingerprint density at radius 3 is 2.39 bits per heavy atom. The van der Waals surface area contributed by atoms with E-state index in [1.807, 2.05) is 0 Å². The van der Waals surface area contributed by atoms with Gasteiger partial charge in [0.25, 0.3) is 0 Å². The standard InChI is InChI=1S/C22H32N2O2.C2HF3O2/c1-17-4-2-3-5-19(17)15-24-11-8-22(9-12-24)10-13-26-16-20(22)23-21(25)14-18-6-7-18;3-2(4,5)1(6)7/h2-5,18,20H,6-16H2,1H3,(H,23,25);(H,6,7). The molecule has 0 bridgehead atoms. The van der Waals surface area contributed by atoms with E-state index in [1.165, 1.54) is 24.0 Å². The quantitative estimate of drug-likeness (QED) is 0.682. The number of ether oxygens (including phenoxy) is 1. The number of halogens is 3. The number of aryl methyl sites for hydroxylation is 1. The van der Waals surface area contributed by atoms with Gasteiger partial charge in [0, 0.05) is 19.6 Å². The zero-order valence-corrected chi connectivity index (χ0v) is 19.0. The van der Waals surface area contributed by atoms with E-state index in [1.54, 1.807) is 0 Å². The van der Waals surface area contributed by atoms with Crippen molar-refractivity contribution in [3.05, 3.63) is 35.4 Å². The lowest BCUT2D eigenvalue weighted by molar-refractivity contribution is -0.192. The number of carboxylic acid groups (broad SMARTS) is 1. The number of carbonyl (C=O) groups is 2. The predicted octanol–water partition coefficient (Wildman–Crippen LogP) is 3.92. The smallest absolute Gasteiger partial charge is 0.475 e. The molecule has 1 spiro atoms. The molecule has 2 aliphatic heterocycles. The molecule has 2 saturated heterocycles. The Balaban J connectivity index is 0.000000383. The number of hydrogen-bond donors (Lipinski definition) is 2. The van der Waals surface area contributed by atoms with Gasteiger partial charge in [-0.1, -0.05) is 24.3 Å². The molecule has 184 valence electrons. The normalized spacial score (nSPS) is 22.8. The van der Waals surface area contributed by atoms with Crippen LogP contribution in [-0.4, -0.2) is 60.4 Å². The van der Waals surface area contributed by atoms with Crippen LogP contribution in [0.5, 0.6) is 0 Å². The van der Waals surface area contributed by atoms with Crippen molar-refractivity contribution in [2.24, 2.45) is 11.3 Å². The number of nitrogens with zero attached hydrogens (tertiary/aromatic N) is 1. The van der Waals surface area contributed by atoms with Crippen molar-refractivity contribution in [1.82, 2.24) is 10.2 Å². The molecule has 0 radical (unpaired) electrons. The van der Waals surface area contributed by atoms with Crippen molar-refractivity contribution in [1.29, 1.82) is 0 Å². The van der Waals surface area contributed by atoms with Crippen molar-refractivity contribution in [3.8, 4) is 0 Å². The van der Waals surface area contributed by atoms with Crippen LogP contribution in [0.1, 0.15) is 49.7 Å². The zero-order valence-electron chi connectivity index (χ0n) is 19.0. The van der Waals surface area contributed by atoms with Crippen LogP contribution in [0.2, 0.25) is 0 Å². The SMILES string of the molecule is Cc1ccccc1CN1CCC2(CCOCC2NC(=O)CC2CC2)CC1.O=C(O)C(F)(F)F. The third-order valence-corrected chi connectivity index (χ3v) is 7.02. The molecular formula is C24H33F3N2O4. The summed E-state index contributed by atoms with van der Waals surface area (Å²) in [6.07, 6.45) is 1.50. The number of alkyl halides is 3. The second-order valence-electron chi connectivity index (χ2n) is 9.46. The van der Waals surface area contributed by atoms with Gasteiger partial charge >= 0.3 is 12.1 Å². The number of amides is 1. The van der Waals surface area contributed by atoms with Crippen molar-refractivity contribution < 1.29 is 32.6 Å². The van der Waals surface area contributed by atoms with Gasteiger partial charge in [-0.15, -0.1) is 0 Å². The van der Waals surface area contributed by atoms with Gasteiger partial charge in [0.15, 0.2) is 0 Å². The van der Waals surface area contributed by atoms with Crippen molar-refractivity contribution >= 4 is 11.9 Å². The number of benzene rings is 1. The highest BCUT2D eigenvalue weighted by Crippen LogP contribution is 2.41. The zero-order chi connectivity index (χ0) is 24.1. The van der Waals surface area contributed by atoms with E-state index >= 15 is 0 Å². The summed E-state index contributed by atoms with van der Waals surface area (Å²) in [7, 11) is 0. The Morgan fingerprint density at radius 1 is 1.18 bits per heavy atom. The topological polar surface area (TPSA) is 78.9 Å². The van der Waals surface area contributed by atoms with Crippen LogP contribution >= 0.6 is 0 Å². The Hall–Kier alpha value is -2.13. The molecular weight excluding hydrogens is 437 g/mol. The summed E-state index contributed by atoms with van der Waals surface area (Å²) in [4.78, 5) is 23.8. The summed E-state index contributed by atoms with van der Waals surface area (Å²) in [5.41, 5.74) is 3.05. The van der Waals surface area contributed by atoms with Crippen LogP contribution < -0.4 is 5.32 Å². The van der Waals surface area contributed by atoms with Gasteiger partial charge in [0.1, 0.15) is 0 Å². The summed E-state index contributed by atoms with van der Waals surface area (Å²) in [5, 5.41) is 10.5. The molecule has 1 aromatic rings. The minimum Gasteiger partial charge on any atom is -0.475 e. The number of likely N-dealkylation sites (tertiary alicyclic amines) is 1. The Bertz CT molecular complexity index is 818. The Labute approximate surface area is 192 Å². The van der Waals surface area contributed by atoms with Crippen LogP contribution in [0.15, 0.2) is 24.3 Å². The monoisotopic (exact) mass is 470 g/mol. The third kappa shape index (κ3) is 7.43. The number of nitrogens with one attached hydrogen (secondary N) is 1. The average Bonchev–Trinajstić information content (AvgIpc) is 3.57. The number of carboxylic acids is 1. The van der Waals surface area contributed by atoms with E-state index in [4.69, 9.17) is 14.6 Å². The molecule has 0 aromatic heterocycles. The second-order valence-corrected chi connectivity index (χ2v) is 9.46. The molecule has 1 atom stereocenters. The molecule has 9 heteroatoms. The molecule has 1 aliphatic carbocycles. The number of aliphatic carboxylic acids is 1. The fourth-order valence-electron chi connectivity index (χ4n) is 4.64. The van der Waals surface area contributed by atoms with Crippen LogP contribution in [0.25, 0.3) is 0 Å². The third-order valence-electron chi connectivity index (χ3n) is 7.02. The predicted molar refractivity (Wildman–Crippen MR) is 117 cm³/mol. The Kier molecular flexibility index (Phi) is 8.39. The van der Waals surface area contributed by atoms with Gasteiger partial charge in [-0.3, -0.25) is 9.69 Å². The average molecular weight is 471 g/mol. The van der Waals surface area contributed by atoms with E-state index < -0.39 is 12.1 Å². The largest absolute Gasteiger partial charge is 0.490 e. The molecule has 4 rings (SSSR count). The van der Waals surface area contributed by atoms with Gasteiger partial charge in [-0.2, -0.15) is 13.2 Å². The lowest BCUT2D eigenvalue weighted by atomic mass is 9.69. The van der Waals surface area contributed by atoms with Gasteiger partial charge < -0.3 is 15.2 Å². The number of carbonyl (C=O) groups excluding carboxylic acids is 1. The van der Waals surface area contributed by atoms with E-state index in [0.29, 0.717) is 18.9 Å². The molecule has 3 aliphatic rings. The number of rotatable bonds is 5. The van der Waals surface area contributed by atoms with Crippen molar-refractivity contribution in [3.63, 3.8) is 0 Å². The summed E-state index contributed by atoms with van der Waals surface area (Å²) < 4.78 is 37.5. The molecule has 2 N–H and O–H groups in total. The first-order valence-electron chi connectivity index (χ1n) is 11.5. The fourth-order valence-corrected chi connectivity index (χ4v) is 4.64. The minimum atomic E-state index is -5.08. The summed E-state index contributed by atoms with van der Waals surface area (Å²) >= 11 is 0. The van der Waals surface area contributed by atoms with Crippen molar-refractivity contribution in [2.45, 2.75) is 64.2 Å². The summed E-state index contributed by atoms with van der Waals surface area (Å²) in [5.74, 6) is -1.87. The van der Waals surface area contributed by atoms with E-state index in [-0.39, 0.29) is 17.4 Å². The van der Waals surface area contributed by atoms with Crippen LogP contribution in [0, 0.1) is 18.3 Å². The fraction of sp³-hybridized carbons (Fsp3) is 0.667. The molecule has 1 amide bonds. The van der Waals surface area contributed by atoms with E-state index in [9.17, 15) is 18.0 Å². The maximum atomic E-state index is 12.4. The highest BCUT2D eigenvalue weighted by Gasteiger charge is 2.44. The van der Waals surface area contributed by atoms with E-state index in [2.05, 4.69) is 41.4 Å². The molecule has 1 saturated carbocycles. The van der Waals surface area contributed by atoms with Gasteiger partial charge in [-0.25, -0.2) is 4.79 Å². The first kappa shape index (κ1) is 25.5. The molecule has 6 nitrogen and oxygen atoms in total. The van der Waals surface area contributed by atoms with Crippen molar-refractivity contribution in [2.75, 3.05) is 26.3 Å². The van der Waals surface area contributed by atoms with Gasteiger partial charge in [0.2, 0.25) is 5.91 Å². The van der Waals surface area contributed by atoms with E-state index in [0.717, 1.165) is 45.5 Å². The number of hydrogen-bond acceptors (Lipinski definition) is 4. The second kappa shape index (κ2) is 10.9. The summed E-state index contributed by atoms with van der Waals surface area (Å²) in [6, 6.07) is 8.89. The molecule has 2 heterocycles. The van der Waals surface area contributed by atoms with Gasteiger partial charge in [-0.05, 0) is 74.6 Å². The highest BCUT2D eigenvalue weighted by molar-refractivity contribution is 5.77. The summed E-state index contributed by atoms with van der Waals surface area (Å²) in [6.45, 7) is 7.00. The van der Waals surface area contributed by atoms with Crippen LogP contribution in [0.4, 0.5) is 13.2 Å². The lowest BCUT2D eigenvalue weighted by Gasteiger charge is -2.49. The van der Waals surface area contributed by atoms with Crippen LogP contribution in [0.3, 0.4) is 0 Å². The number of piperidine rings is 1. The molecule has 3 fully saturated rings. The lowest BCUT2D eigenvalue weighted by Crippen LogP contribution is -2.57. The Morgan fingerprint density at radius 2 is 1.82 bits per heavy atom. The highest BCUT2D eigenvalue weighted by atomic mass is 19.4.